The maximum atomic E-state index is 12.2. The Morgan fingerprint density at radius 3 is 2.62 bits per heavy atom. The maximum Gasteiger partial charge on any atom is 0.247 e. The minimum atomic E-state index is -0.111. The number of hydrogen-bond donors (Lipinski definition) is 1. The third kappa shape index (κ3) is 4.27. The van der Waals surface area contributed by atoms with Gasteiger partial charge in [0.1, 0.15) is 5.75 Å². The van der Waals surface area contributed by atoms with E-state index in [2.05, 4.69) is 22.4 Å². The van der Waals surface area contributed by atoms with Crippen molar-refractivity contribution in [2.24, 2.45) is 0 Å². The van der Waals surface area contributed by atoms with Crippen LogP contribution in [0.5, 0.6) is 5.75 Å². The molecule has 2 aromatic carbocycles. The van der Waals surface area contributed by atoms with Crippen molar-refractivity contribution in [1.82, 2.24) is 10.2 Å². The van der Waals surface area contributed by atoms with Crippen LogP contribution < -0.4 is 10.1 Å². The summed E-state index contributed by atoms with van der Waals surface area (Å²) in [5.74, 6) is 1.08. The van der Waals surface area contributed by atoms with E-state index in [4.69, 9.17) is 9.15 Å². The van der Waals surface area contributed by atoms with Crippen molar-refractivity contribution >= 4 is 11.6 Å². The van der Waals surface area contributed by atoms with Crippen LogP contribution in [0.1, 0.15) is 23.1 Å². The van der Waals surface area contributed by atoms with Crippen LogP contribution in [-0.2, 0) is 4.79 Å². The van der Waals surface area contributed by atoms with Gasteiger partial charge in [-0.05, 0) is 61.7 Å². The van der Waals surface area contributed by atoms with Crippen LogP contribution in [0.3, 0.4) is 0 Å². The van der Waals surface area contributed by atoms with Crippen LogP contribution in [0.25, 0.3) is 11.5 Å². The van der Waals surface area contributed by atoms with Gasteiger partial charge in [0.25, 0.3) is 0 Å². The summed E-state index contributed by atoms with van der Waals surface area (Å²) in [7, 11) is 0. The summed E-state index contributed by atoms with van der Waals surface area (Å²) in [5.41, 5.74) is 4.82. The van der Waals surface area contributed by atoms with Crippen LogP contribution in [0.15, 0.2) is 47.2 Å². The van der Waals surface area contributed by atoms with E-state index in [0.717, 1.165) is 22.6 Å². The van der Waals surface area contributed by atoms with Crippen LogP contribution in [0.2, 0.25) is 0 Å². The Morgan fingerprint density at radius 2 is 1.88 bits per heavy atom. The second kappa shape index (κ2) is 7.82. The minimum absolute atomic E-state index is 0.111. The van der Waals surface area contributed by atoms with Gasteiger partial charge in [-0.25, -0.2) is 0 Å². The molecule has 0 atom stereocenters. The first-order valence-electron chi connectivity index (χ1n) is 8.40. The van der Waals surface area contributed by atoms with Crippen LogP contribution in [-0.4, -0.2) is 22.7 Å². The summed E-state index contributed by atoms with van der Waals surface area (Å²) >= 11 is 0. The smallest absolute Gasteiger partial charge is 0.247 e. The monoisotopic (exact) mass is 351 g/mol. The Labute approximate surface area is 152 Å². The van der Waals surface area contributed by atoms with E-state index in [-0.39, 0.29) is 12.3 Å². The molecule has 0 aliphatic carbocycles. The number of amides is 1. The molecule has 1 heterocycles. The highest BCUT2D eigenvalue weighted by Crippen LogP contribution is 2.24. The van der Waals surface area contributed by atoms with E-state index >= 15 is 0 Å². The highest BCUT2D eigenvalue weighted by molar-refractivity contribution is 5.92. The van der Waals surface area contributed by atoms with Crippen LogP contribution >= 0.6 is 0 Å². The van der Waals surface area contributed by atoms with Crippen molar-refractivity contribution in [3.8, 4) is 17.2 Å². The molecule has 0 aliphatic heterocycles. The number of rotatable bonds is 6. The van der Waals surface area contributed by atoms with E-state index in [9.17, 15) is 4.79 Å². The van der Waals surface area contributed by atoms with Crippen molar-refractivity contribution in [1.29, 1.82) is 0 Å². The Morgan fingerprint density at radius 1 is 1.08 bits per heavy atom. The summed E-state index contributed by atoms with van der Waals surface area (Å²) in [6, 6.07) is 11.5. The Kier molecular flexibility index (Phi) is 5.31. The van der Waals surface area contributed by atoms with Crippen molar-refractivity contribution in [3.63, 3.8) is 0 Å². The quantitative estimate of drug-likeness (QED) is 0.724. The largest absolute Gasteiger partial charge is 0.493 e. The number of hydrogen-bond acceptors (Lipinski definition) is 5. The summed E-state index contributed by atoms with van der Waals surface area (Å²) < 4.78 is 10.9. The lowest BCUT2D eigenvalue weighted by Gasteiger charge is -2.11. The zero-order valence-corrected chi connectivity index (χ0v) is 15.1. The Bertz CT molecular complexity index is 905. The molecule has 0 spiro atoms. The second-order valence-electron chi connectivity index (χ2n) is 6.17. The van der Waals surface area contributed by atoms with Gasteiger partial charge in [-0.15, -0.1) is 10.2 Å². The van der Waals surface area contributed by atoms with E-state index in [1.165, 1.54) is 17.5 Å². The third-order valence-corrected chi connectivity index (χ3v) is 4.19. The topological polar surface area (TPSA) is 77.2 Å². The van der Waals surface area contributed by atoms with Crippen molar-refractivity contribution in [2.75, 3.05) is 11.9 Å². The zero-order valence-electron chi connectivity index (χ0n) is 15.1. The first-order chi connectivity index (χ1) is 12.5. The molecule has 26 heavy (non-hydrogen) atoms. The third-order valence-electron chi connectivity index (χ3n) is 4.19. The minimum Gasteiger partial charge on any atom is -0.493 e. The normalized spacial score (nSPS) is 10.6. The summed E-state index contributed by atoms with van der Waals surface area (Å²) in [6.45, 7) is 6.33. The summed E-state index contributed by atoms with van der Waals surface area (Å²) in [6.07, 6.45) is 1.54. The lowest BCUT2D eigenvalue weighted by molar-refractivity contribution is -0.116. The lowest BCUT2D eigenvalue weighted by atomic mass is 10.1. The van der Waals surface area contributed by atoms with Gasteiger partial charge < -0.3 is 14.5 Å². The van der Waals surface area contributed by atoms with Gasteiger partial charge in [0.15, 0.2) is 0 Å². The van der Waals surface area contributed by atoms with Gasteiger partial charge in [-0.2, -0.15) is 0 Å². The molecule has 6 nitrogen and oxygen atoms in total. The average Bonchev–Trinajstić information content (AvgIpc) is 3.14. The SMILES string of the molecule is Cc1ccc(OCCC(=O)Nc2cc(-c3nnco3)ccc2C)cc1C. The number of nitrogens with zero attached hydrogens (tertiary/aromatic N) is 2. The number of ether oxygens (including phenoxy) is 1. The number of aromatic nitrogens is 2. The Hall–Kier alpha value is -3.15. The van der Waals surface area contributed by atoms with Gasteiger partial charge >= 0.3 is 0 Å². The molecule has 0 radical (unpaired) electrons. The molecule has 0 saturated carbocycles. The fraction of sp³-hybridized carbons (Fsp3) is 0.250. The molecule has 0 fully saturated rings. The number of carbonyl (C=O) groups excluding carboxylic acids is 1. The molecular formula is C20H21N3O3. The van der Waals surface area contributed by atoms with Crippen molar-refractivity contribution in [3.05, 3.63) is 59.5 Å². The molecule has 0 saturated heterocycles. The molecule has 0 bridgehead atoms. The fourth-order valence-electron chi connectivity index (χ4n) is 2.47. The predicted molar refractivity (Wildman–Crippen MR) is 99.1 cm³/mol. The van der Waals surface area contributed by atoms with E-state index in [1.54, 1.807) is 0 Å². The van der Waals surface area contributed by atoms with Gasteiger partial charge in [0.2, 0.25) is 18.2 Å². The molecule has 1 aromatic heterocycles. The van der Waals surface area contributed by atoms with Gasteiger partial charge in [-0.3, -0.25) is 4.79 Å². The fourth-order valence-corrected chi connectivity index (χ4v) is 2.47. The lowest BCUT2D eigenvalue weighted by Crippen LogP contribution is -2.16. The van der Waals surface area contributed by atoms with Crippen LogP contribution in [0, 0.1) is 20.8 Å². The molecule has 1 amide bonds. The number of carbonyl (C=O) groups is 1. The highest BCUT2D eigenvalue weighted by atomic mass is 16.5. The number of anilines is 1. The van der Waals surface area contributed by atoms with Gasteiger partial charge in [-0.1, -0.05) is 12.1 Å². The zero-order chi connectivity index (χ0) is 18.5. The summed E-state index contributed by atoms with van der Waals surface area (Å²) in [5, 5.41) is 10.5. The summed E-state index contributed by atoms with van der Waals surface area (Å²) in [4.78, 5) is 12.2. The molecule has 1 N–H and O–H groups in total. The van der Waals surface area contributed by atoms with Crippen molar-refractivity contribution in [2.45, 2.75) is 27.2 Å². The Balaban J connectivity index is 1.57. The molecule has 0 aliphatic rings. The molecular weight excluding hydrogens is 330 g/mol. The van der Waals surface area contributed by atoms with Crippen LogP contribution in [0.4, 0.5) is 5.69 Å². The molecule has 3 aromatic rings. The predicted octanol–water partition coefficient (Wildman–Crippen LogP) is 4.07. The number of nitrogens with one attached hydrogen (secondary N) is 1. The highest BCUT2D eigenvalue weighted by Gasteiger charge is 2.10. The average molecular weight is 351 g/mol. The van der Waals surface area contributed by atoms with E-state index < -0.39 is 0 Å². The second-order valence-corrected chi connectivity index (χ2v) is 6.17. The van der Waals surface area contributed by atoms with Gasteiger partial charge in [0.05, 0.1) is 13.0 Å². The van der Waals surface area contributed by atoms with Gasteiger partial charge in [0, 0.05) is 11.3 Å². The number of benzene rings is 2. The maximum absolute atomic E-state index is 12.2. The van der Waals surface area contributed by atoms with Crippen molar-refractivity contribution < 1.29 is 13.9 Å². The van der Waals surface area contributed by atoms with E-state index in [1.807, 2.05) is 50.2 Å². The van der Waals surface area contributed by atoms with E-state index in [0.29, 0.717) is 12.5 Å². The number of aryl methyl sites for hydroxylation is 3. The first kappa shape index (κ1) is 17.7. The molecule has 3 rings (SSSR count). The molecule has 134 valence electrons. The molecule has 6 heteroatoms. The molecule has 0 unspecified atom stereocenters. The standard InChI is InChI=1S/C20H21N3O3/c1-13-5-7-17(10-15(13)3)25-9-8-19(24)22-18-11-16(6-4-14(18)2)20-23-21-12-26-20/h4-7,10-12H,8-9H2,1-3H3,(H,22,24). The first-order valence-corrected chi connectivity index (χ1v) is 8.40.